The van der Waals surface area contributed by atoms with E-state index >= 15 is 0 Å². The van der Waals surface area contributed by atoms with Crippen molar-refractivity contribution >= 4 is 46.5 Å². The topological polar surface area (TPSA) is 269 Å². The number of anilines is 2. The highest BCUT2D eigenvalue weighted by Gasteiger charge is 2.24. The SMILES string of the molecule is CC(CCOC(C)(C)CCC(=O)NC(CCCCN)C(=O)O)CNC(=O)CC[C@@H](C)NC(=O)c1ccc(NCc2cnc3nc(N)[nH]c(=O)c3n2)cc1. The number of H-pyrrole nitrogens is 1. The van der Waals surface area contributed by atoms with Gasteiger partial charge in [0, 0.05) is 43.3 Å². The van der Waals surface area contributed by atoms with E-state index in [9.17, 15) is 29.1 Å². The molecule has 1 aromatic carbocycles. The van der Waals surface area contributed by atoms with E-state index in [4.69, 9.17) is 16.2 Å². The lowest BCUT2D eigenvalue weighted by Crippen LogP contribution is -2.41. The first-order valence-electron chi connectivity index (χ1n) is 17.9. The van der Waals surface area contributed by atoms with Gasteiger partial charge in [-0.2, -0.15) is 4.98 Å². The van der Waals surface area contributed by atoms with Crippen LogP contribution in [0, 0.1) is 5.92 Å². The molecule has 0 saturated carbocycles. The van der Waals surface area contributed by atoms with Gasteiger partial charge in [0.2, 0.25) is 17.8 Å². The highest BCUT2D eigenvalue weighted by atomic mass is 16.5. The van der Waals surface area contributed by atoms with Gasteiger partial charge in [-0.05, 0) is 96.0 Å². The molecular formula is C36H54N10O7. The molecule has 290 valence electrons. The summed E-state index contributed by atoms with van der Waals surface area (Å²) in [6.45, 7) is 9.33. The lowest BCUT2D eigenvalue weighted by Gasteiger charge is -2.26. The maximum absolute atomic E-state index is 12.8. The number of carboxylic acid groups (broad SMARTS) is 1. The lowest BCUT2D eigenvalue weighted by molar-refractivity contribution is -0.142. The number of hydrogen-bond acceptors (Lipinski definition) is 12. The van der Waals surface area contributed by atoms with Gasteiger partial charge in [-0.15, -0.1) is 0 Å². The summed E-state index contributed by atoms with van der Waals surface area (Å²) in [4.78, 5) is 76.0. The van der Waals surface area contributed by atoms with Crippen molar-refractivity contribution in [3.05, 3.63) is 52.1 Å². The quantitative estimate of drug-likeness (QED) is 0.0650. The van der Waals surface area contributed by atoms with Gasteiger partial charge in [-0.3, -0.25) is 24.2 Å². The van der Waals surface area contributed by atoms with E-state index in [2.05, 4.69) is 41.2 Å². The third-order valence-corrected chi connectivity index (χ3v) is 8.57. The van der Waals surface area contributed by atoms with Crippen LogP contribution in [0.25, 0.3) is 11.2 Å². The zero-order valence-electron chi connectivity index (χ0n) is 31.0. The van der Waals surface area contributed by atoms with Gasteiger partial charge in [-0.25, -0.2) is 14.8 Å². The fourth-order valence-electron chi connectivity index (χ4n) is 5.23. The van der Waals surface area contributed by atoms with E-state index in [1.54, 1.807) is 24.3 Å². The number of carboxylic acids is 1. The molecule has 0 aliphatic carbocycles. The van der Waals surface area contributed by atoms with Crippen molar-refractivity contribution in [2.45, 2.75) is 103 Å². The van der Waals surface area contributed by atoms with E-state index < -0.39 is 23.2 Å². The van der Waals surface area contributed by atoms with Crippen LogP contribution in [0.4, 0.5) is 11.6 Å². The van der Waals surface area contributed by atoms with E-state index in [1.807, 2.05) is 27.7 Å². The summed E-state index contributed by atoms with van der Waals surface area (Å²) in [5.74, 6) is -1.62. The molecule has 2 heterocycles. The molecule has 53 heavy (non-hydrogen) atoms. The number of aliphatic carboxylic acids is 1. The summed E-state index contributed by atoms with van der Waals surface area (Å²) in [6.07, 6.45) is 5.18. The number of amides is 3. The minimum atomic E-state index is -1.06. The number of nitrogen functional groups attached to an aromatic ring is 1. The van der Waals surface area contributed by atoms with Gasteiger partial charge < -0.3 is 42.6 Å². The van der Waals surface area contributed by atoms with Crippen LogP contribution >= 0.6 is 0 Å². The number of carbonyl (C=O) groups excluding carboxylic acids is 3. The molecule has 0 fully saturated rings. The average molecular weight is 739 g/mol. The zero-order valence-corrected chi connectivity index (χ0v) is 31.0. The Labute approximate surface area is 308 Å². The Morgan fingerprint density at radius 2 is 1.72 bits per heavy atom. The normalized spacial score (nSPS) is 13.2. The molecule has 0 saturated heterocycles. The van der Waals surface area contributed by atoms with Gasteiger partial charge >= 0.3 is 5.97 Å². The second-order valence-corrected chi connectivity index (χ2v) is 13.9. The molecule has 2 aromatic heterocycles. The summed E-state index contributed by atoms with van der Waals surface area (Å²) < 4.78 is 6.01. The maximum Gasteiger partial charge on any atom is 0.326 e. The van der Waals surface area contributed by atoms with Crippen molar-refractivity contribution in [3.8, 4) is 0 Å². The molecule has 0 radical (unpaired) electrons. The highest BCUT2D eigenvalue weighted by Crippen LogP contribution is 2.18. The van der Waals surface area contributed by atoms with Gasteiger partial charge in [0.25, 0.3) is 11.5 Å². The number of ether oxygens (including phenoxy) is 1. The van der Waals surface area contributed by atoms with Crippen LogP contribution in [0.2, 0.25) is 0 Å². The Balaban J connectivity index is 1.29. The van der Waals surface area contributed by atoms with Crippen LogP contribution in [0.1, 0.15) is 95.1 Å². The summed E-state index contributed by atoms with van der Waals surface area (Å²) in [5, 5.41) is 21.0. The monoisotopic (exact) mass is 738 g/mol. The molecular weight excluding hydrogens is 684 g/mol. The third-order valence-electron chi connectivity index (χ3n) is 8.57. The van der Waals surface area contributed by atoms with Gasteiger partial charge in [-0.1, -0.05) is 6.92 Å². The number of nitrogens with zero attached hydrogens (tertiary/aromatic N) is 3. The van der Waals surface area contributed by atoms with Crippen molar-refractivity contribution in [2.75, 3.05) is 30.7 Å². The molecule has 2 unspecified atom stereocenters. The summed E-state index contributed by atoms with van der Waals surface area (Å²) in [5.41, 5.74) is 12.0. The largest absolute Gasteiger partial charge is 0.480 e. The third kappa shape index (κ3) is 15.2. The molecule has 0 bridgehead atoms. The molecule has 3 aromatic rings. The number of carbonyl (C=O) groups is 4. The van der Waals surface area contributed by atoms with E-state index in [1.165, 1.54) is 6.20 Å². The van der Waals surface area contributed by atoms with E-state index in [0.29, 0.717) is 76.0 Å². The molecule has 3 amide bonds. The molecule has 10 N–H and O–H groups in total. The van der Waals surface area contributed by atoms with Crippen LogP contribution in [-0.4, -0.2) is 86.1 Å². The molecule has 17 nitrogen and oxygen atoms in total. The van der Waals surface area contributed by atoms with Crippen LogP contribution in [-0.2, 0) is 25.7 Å². The second kappa shape index (κ2) is 20.8. The van der Waals surface area contributed by atoms with Crippen molar-refractivity contribution < 1.29 is 29.0 Å². The van der Waals surface area contributed by atoms with Crippen LogP contribution < -0.4 is 38.3 Å². The number of fused-ring (bicyclic) bond motifs is 1. The Hall–Kier alpha value is -5.16. The zero-order chi connectivity index (χ0) is 39.0. The number of unbranched alkanes of at least 4 members (excludes halogenated alkanes) is 1. The number of aromatic nitrogens is 4. The van der Waals surface area contributed by atoms with Gasteiger partial charge in [0.05, 0.1) is 24.0 Å². The Morgan fingerprint density at radius 1 is 0.981 bits per heavy atom. The van der Waals surface area contributed by atoms with Gasteiger partial charge in [0.15, 0.2) is 11.2 Å². The molecule has 0 spiro atoms. The van der Waals surface area contributed by atoms with Crippen molar-refractivity contribution in [2.24, 2.45) is 11.7 Å². The lowest BCUT2D eigenvalue weighted by atomic mass is 10.0. The molecule has 0 aliphatic rings. The molecule has 17 heteroatoms. The minimum absolute atomic E-state index is 0.0302. The second-order valence-electron chi connectivity index (χ2n) is 13.9. The van der Waals surface area contributed by atoms with Gasteiger partial charge in [0.1, 0.15) is 6.04 Å². The fourth-order valence-corrected chi connectivity index (χ4v) is 5.23. The number of aromatic amines is 1. The van der Waals surface area contributed by atoms with Crippen molar-refractivity contribution in [1.82, 2.24) is 35.9 Å². The molecule has 0 aliphatic heterocycles. The van der Waals surface area contributed by atoms with Crippen LogP contribution in [0.3, 0.4) is 0 Å². The number of nitrogens with two attached hydrogens (primary N) is 2. The first-order chi connectivity index (χ1) is 25.1. The maximum atomic E-state index is 12.8. The fraction of sp³-hybridized carbons (Fsp3) is 0.556. The Morgan fingerprint density at radius 3 is 2.42 bits per heavy atom. The first kappa shape index (κ1) is 42.3. The average Bonchev–Trinajstić information content (AvgIpc) is 3.11. The number of rotatable bonds is 23. The molecule has 3 rings (SSSR count). The number of nitrogens with one attached hydrogen (secondary N) is 5. The Bertz CT molecular complexity index is 1730. The first-order valence-corrected chi connectivity index (χ1v) is 17.9. The summed E-state index contributed by atoms with van der Waals surface area (Å²) in [7, 11) is 0. The van der Waals surface area contributed by atoms with Crippen LogP contribution in [0.5, 0.6) is 0 Å². The Kier molecular flexibility index (Phi) is 16.6. The standard InChI is InChI=1S/C36H54N10O7/c1-22(15-18-53-36(3,4)16-14-29(48)44-27(34(51)52)7-5-6-17-37)19-40-28(47)13-8-23(2)42-32(49)24-9-11-25(12-10-24)39-20-26-21-41-31-30(43-26)33(50)46-35(38)45-31/h9-12,21-23,27,39H,5-8,13-20,37H2,1-4H3,(H,40,47)(H,42,49)(H,44,48)(H,51,52)(H3,38,41,45,46,50)/t22?,23-,27?/m1/s1. The molecule has 3 atom stereocenters. The summed E-state index contributed by atoms with van der Waals surface area (Å²) >= 11 is 0. The minimum Gasteiger partial charge on any atom is -0.480 e. The predicted molar refractivity (Wildman–Crippen MR) is 201 cm³/mol. The number of hydrogen-bond donors (Lipinski definition) is 8. The smallest absolute Gasteiger partial charge is 0.326 e. The van der Waals surface area contributed by atoms with Crippen molar-refractivity contribution in [1.29, 1.82) is 0 Å². The highest BCUT2D eigenvalue weighted by molar-refractivity contribution is 5.94. The van der Waals surface area contributed by atoms with E-state index in [0.717, 1.165) is 5.69 Å². The summed E-state index contributed by atoms with van der Waals surface area (Å²) in [6, 6.07) is 5.74. The number of benzene rings is 1. The van der Waals surface area contributed by atoms with Crippen molar-refractivity contribution in [3.63, 3.8) is 0 Å². The van der Waals surface area contributed by atoms with Crippen LogP contribution in [0.15, 0.2) is 35.3 Å². The van der Waals surface area contributed by atoms with E-state index in [-0.39, 0.29) is 59.6 Å². The predicted octanol–water partition coefficient (Wildman–Crippen LogP) is 2.22.